The van der Waals surface area contributed by atoms with Crippen molar-refractivity contribution >= 4 is 0 Å². The lowest BCUT2D eigenvalue weighted by atomic mass is 9.75. The minimum Gasteiger partial charge on any atom is -0.0993 e. The Hall–Kier alpha value is -0.260. The first-order chi connectivity index (χ1) is 6.77. The van der Waals surface area contributed by atoms with Gasteiger partial charge in [-0.25, -0.2) is 0 Å². The van der Waals surface area contributed by atoms with Crippen molar-refractivity contribution in [3.05, 3.63) is 12.2 Å². The molecule has 2 saturated carbocycles. The summed E-state index contributed by atoms with van der Waals surface area (Å²) in [4.78, 5) is 0. The van der Waals surface area contributed by atoms with Gasteiger partial charge in [0.05, 0.1) is 0 Å². The summed E-state index contributed by atoms with van der Waals surface area (Å²) in [6.45, 7) is 6.81. The molecular weight excluding hydrogens is 168 g/mol. The summed E-state index contributed by atoms with van der Waals surface area (Å²) >= 11 is 0. The average molecular weight is 192 g/mol. The van der Waals surface area contributed by atoms with Crippen LogP contribution in [0.1, 0.15) is 58.3 Å². The third-order valence-corrected chi connectivity index (χ3v) is 4.34. The topological polar surface area (TPSA) is 0 Å². The fourth-order valence-electron chi connectivity index (χ4n) is 3.40. The van der Waals surface area contributed by atoms with Gasteiger partial charge < -0.3 is 0 Å². The van der Waals surface area contributed by atoms with Crippen LogP contribution in [-0.4, -0.2) is 0 Å². The van der Waals surface area contributed by atoms with E-state index in [1.54, 1.807) is 5.57 Å². The molecule has 14 heavy (non-hydrogen) atoms. The second kappa shape index (κ2) is 4.51. The molecule has 2 aliphatic carbocycles. The van der Waals surface area contributed by atoms with Crippen molar-refractivity contribution in [1.82, 2.24) is 0 Å². The van der Waals surface area contributed by atoms with Gasteiger partial charge in [-0.2, -0.15) is 0 Å². The monoisotopic (exact) mass is 192 g/mol. The maximum absolute atomic E-state index is 4.39. The van der Waals surface area contributed by atoms with Gasteiger partial charge in [0.25, 0.3) is 0 Å². The van der Waals surface area contributed by atoms with Crippen LogP contribution in [0.4, 0.5) is 0 Å². The molecule has 2 unspecified atom stereocenters. The molecule has 0 heterocycles. The number of hydrogen-bond acceptors (Lipinski definition) is 0. The van der Waals surface area contributed by atoms with Crippen LogP contribution >= 0.6 is 0 Å². The molecule has 80 valence electrons. The van der Waals surface area contributed by atoms with Crippen molar-refractivity contribution in [3.63, 3.8) is 0 Å². The van der Waals surface area contributed by atoms with Crippen molar-refractivity contribution in [1.29, 1.82) is 0 Å². The van der Waals surface area contributed by atoms with E-state index >= 15 is 0 Å². The normalized spacial score (nSPS) is 34.6. The van der Waals surface area contributed by atoms with E-state index in [1.165, 1.54) is 51.4 Å². The van der Waals surface area contributed by atoms with E-state index < -0.39 is 0 Å². The van der Waals surface area contributed by atoms with Crippen LogP contribution in [-0.2, 0) is 0 Å². The highest BCUT2D eigenvalue weighted by molar-refractivity contribution is 5.08. The minimum atomic E-state index is 0.877. The van der Waals surface area contributed by atoms with Gasteiger partial charge in [0.1, 0.15) is 0 Å². The molecule has 0 bridgehead atoms. The Bertz CT molecular complexity index is 198. The lowest BCUT2D eigenvalue weighted by molar-refractivity contribution is 0.298. The van der Waals surface area contributed by atoms with Gasteiger partial charge in [-0.1, -0.05) is 44.8 Å². The van der Waals surface area contributed by atoms with Crippen LogP contribution in [0.15, 0.2) is 12.2 Å². The summed E-state index contributed by atoms with van der Waals surface area (Å²) in [6, 6.07) is 0. The molecule has 0 heteroatoms. The van der Waals surface area contributed by atoms with Gasteiger partial charge in [0.2, 0.25) is 0 Å². The summed E-state index contributed by atoms with van der Waals surface area (Å²) < 4.78 is 0. The second-order valence-electron chi connectivity index (χ2n) is 5.52. The maximum atomic E-state index is 4.39. The molecular formula is C14H24. The van der Waals surface area contributed by atoms with E-state index in [-0.39, 0.29) is 0 Å². The van der Waals surface area contributed by atoms with Crippen LogP contribution < -0.4 is 0 Å². The third kappa shape index (κ3) is 2.21. The number of allylic oxidation sites excluding steroid dienone is 1. The molecule has 2 fully saturated rings. The van der Waals surface area contributed by atoms with Crippen LogP contribution in [0, 0.1) is 17.8 Å². The molecule has 0 nitrogen and oxygen atoms in total. The maximum Gasteiger partial charge on any atom is -0.0201 e. The highest BCUT2D eigenvalue weighted by Gasteiger charge is 2.27. The molecule has 0 aliphatic heterocycles. The Kier molecular flexibility index (Phi) is 3.30. The first-order valence-corrected chi connectivity index (χ1v) is 6.46. The predicted molar refractivity (Wildman–Crippen MR) is 62.2 cm³/mol. The molecule has 0 spiro atoms. The zero-order chi connectivity index (χ0) is 9.97. The first kappa shape index (κ1) is 10.3. The standard InChI is InChI=1S/C14H24/c1-11-6-5-9-14(10-11)12(2)13-7-3-4-8-13/h11,13-14H,2-10H2,1H3. The number of rotatable bonds is 2. The third-order valence-electron chi connectivity index (χ3n) is 4.34. The second-order valence-corrected chi connectivity index (χ2v) is 5.52. The Labute approximate surface area is 88.8 Å². The molecule has 0 saturated heterocycles. The summed E-state index contributed by atoms with van der Waals surface area (Å²) in [7, 11) is 0. The lowest BCUT2D eigenvalue weighted by Crippen LogP contribution is -2.18. The van der Waals surface area contributed by atoms with Crippen molar-refractivity contribution in [2.24, 2.45) is 17.8 Å². The summed E-state index contributed by atoms with van der Waals surface area (Å²) in [5, 5.41) is 0. The zero-order valence-electron chi connectivity index (χ0n) is 9.60. The quantitative estimate of drug-likeness (QED) is 0.563. The summed E-state index contributed by atoms with van der Waals surface area (Å²) in [5.74, 6) is 2.72. The molecule has 0 radical (unpaired) electrons. The lowest BCUT2D eigenvalue weighted by Gasteiger charge is -2.30. The Morgan fingerprint density at radius 1 is 0.929 bits per heavy atom. The fourth-order valence-corrected chi connectivity index (χ4v) is 3.40. The van der Waals surface area contributed by atoms with Crippen molar-refractivity contribution in [3.8, 4) is 0 Å². The molecule has 2 aliphatic rings. The van der Waals surface area contributed by atoms with E-state index in [0.29, 0.717) is 0 Å². The Morgan fingerprint density at radius 3 is 2.21 bits per heavy atom. The van der Waals surface area contributed by atoms with Crippen LogP contribution in [0.25, 0.3) is 0 Å². The molecule has 0 aromatic heterocycles. The average Bonchev–Trinajstić information content (AvgIpc) is 2.69. The Balaban J connectivity index is 1.89. The van der Waals surface area contributed by atoms with Crippen molar-refractivity contribution in [2.45, 2.75) is 58.3 Å². The fraction of sp³-hybridized carbons (Fsp3) is 0.857. The molecule has 2 atom stereocenters. The van der Waals surface area contributed by atoms with Gasteiger partial charge in [0, 0.05) is 0 Å². The minimum absolute atomic E-state index is 0.877. The van der Waals surface area contributed by atoms with Gasteiger partial charge >= 0.3 is 0 Å². The van der Waals surface area contributed by atoms with E-state index in [1.807, 2.05) is 0 Å². The van der Waals surface area contributed by atoms with Crippen LogP contribution in [0.2, 0.25) is 0 Å². The first-order valence-electron chi connectivity index (χ1n) is 6.46. The van der Waals surface area contributed by atoms with Crippen LogP contribution in [0.3, 0.4) is 0 Å². The van der Waals surface area contributed by atoms with Crippen molar-refractivity contribution in [2.75, 3.05) is 0 Å². The highest BCUT2D eigenvalue weighted by atomic mass is 14.3. The van der Waals surface area contributed by atoms with Gasteiger partial charge in [-0.05, 0) is 43.4 Å². The van der Waals surface area contributed by atoms with Gasteiger partial charge in [0.15, 0.2) is 0 Å². The van der Waals surface area contributed by atoms with E-state index in [4.69, 9.17) is 0 Å². The van der Waals surface area contributed by atoms with E-state index in [0.717, 1.165) is 17.8 Å². The summed E-state index contributed by atoms with van der Waals surface area (Å²) in [5.41, 5.74) is 1.62. The predicted octanol–water partition coefficient (Wildman–Crippen LogP) is 4.56. The van der Waals surface area contributed by atoms with Crippen molar-refractivity contribution < 1.29 is 0 Å². The van der Waals surface area contributed by atoms with Gasteiger partial charge in [-0.3, -0.25) is 0 Å². The molecule has 0 aromatic carbocycles. The molecule has 2 rings (SSSR count). The smallest absolute Gasteiger partial charge is 0.0201 e. The highest BCUT2D eigenvalue weighted by Crippen LogP contribution is 2.40. The molecule has 0 aromatic rings. The van der Waals surface area contributed by atoms with Crippen LogP contribution in [0.5, 0.6) is 0 Å². The largest absolute Gasteiger partial charge is 0.0993 e. The zero-order valence-corrected chi connectivity index (χ0v) is 9.60. The van der Waals surface area contributed by atoms with E-state index in [2.05, 4.69) is 13.5 Å². The van der Waals surface area contributed by atoms with Gasteiger partial charge in [-0.15, -0.1) is 0 Å². The summed E-state index contributed by atoms with van der Waals surface area (Å²) in [6.07, 6.45) is 11.5. The molecule has 0 amide bonds. The Morgan fingerprint density at radius 2 is 1.57 bits per heavy atom. The number of hydrogen-bond donors (Lipinski definition) is 0. The molecule has 0 N–H and O–H groups in total. The SMILES string of the molecule is C=C(C1CCCC1)C1CCCC(C)C1. The van der Waals surface area contributed by atoms with E-state index in [9.17, 15) is 0 Å².